The van der Waals surface area contributed by atoms with E-state index in [1.807, 2.05) is 12.1 Å². The average Bonchev–Trinajstić information content (AvgIpc) is 3.16. The Morgan fingerprint density at radius 1 is 1.14 bits per heavy atom. The highest BCUT2D eigenvalue weighted by Gasteiger charge is 2.12. The highest BCUT2D eigenvalue weighted by Crippen LogP contribution is 2.31. The van der Waals surface area contributed by atoms with E-state index < -0.39 is 5.95 Å². The number of aromatic amines is 1. The number of fused-ring (bicyclic) bond motifs is 1. The molecule has 0 unspecified atom stereocenters. The van der Waals surface area contributed by atoms with Crippen LogP contribution in [0.2, 0.25) is 0 Å². The lowest BCUT2D eigenvalue weighted by atomic mass is 10.0. The molecule has 0 saturated heterocycles. The first-order valence-corrected chi connectivity index (χ1v) is 8.51. The molecule has 0 aliphatic carbocycles. The lowest BCUT2D eigenvalue weighted by molar-refractivity contribution is -0.113. The number of nitrogens with one attached hydrogen (secondary N) is 1. The second-order valence-corrected chi connectivity index (χ2v) is 6.22. The maximum Gasteiger partial charge on any atom is 0.250 e. The average molecular weight is 373 g/mol. The summed E-state index contributed by atoms with van der Waals surface area (Å²) in [5, 5.41) is 0.851. The van der Waals surface area contributed by atoms with Crippen LogP contribution in [0.1, 0.15) is 0 Å². The molecule has 0 saturated carbocycles. The molecule has 0 spiro atoms. The molecule has 0 bridgehead atoms. The Morgan fingerprint density at radius 3 is 2.75 bits per heavy atom. The predicted molar refractivity (Wildman–Crippen MR) is 106 cm³/mol. The molecular formula is C21H16FN5O. The molecule has 138 valence electrons. The Kier molecular flexibility index (Phi) is 4.41. The van der Waals surface area contributed by atoms with Gasteiger partial charge in [-0.25, -0.2) is 9.97 Å². The van der Waals surface area contributed by atoms with E-state index in [-0.39, 0.29) is 5.91 Å². The number of halogens is 1. The van der Waals surface area contributed by atoms with Crippen LogP contribution in [0.25, 0.3) is 33.3 Å². The van der Waals surface area contributed by atoms with Crippen LogP contribution in [0, 0.1) is 5.95 Å². The quantitative estimate of drug-likeness (QED) is 0.434. The Hall–Kier alpha value is -3.87. The van der Waals surface area contributed by atoms with Gasteiger partial charge >= 0.3 is 0 Å². The lowest BCUT2D eigenvalue weighted by Crippen LogP contribution is -2.23. The van der Waals surface area contributed by atoms with Crippen molar-refractivity contribution in [2.24, 2.45) is 0 Å². The second-order valence-electron chi connectivity index (χ2n) is 6.22. The Morgan fingerprint density at radius 2 is 1.96 bits per heavy atom. The first-order valence-electron chi connectivity index (χ1n) is 8.51. The van der Waals surface area contributed by atoms with Gasteiger partial charge in [-0.05, 0) is 29.8 Å². The largest absolute Gasteiger partial charge is 0.346 e. The fraction of sp³-hybridized carbons (Fsp3) is 0.0476. The van der Waals surface area contributed by atoms with Gasteiger partial charge in [0.25, 0.3) is 0 Å². The minimum absolute atomic E-state index is 0.222. The van der Waals surface area contributed by atoms with Crippen LogP contribution in [-0.2, 0) is 4.79 Å². The normalized spacial score (nSPS) is 10.8. The number of H-pyrrole nitrogens is 1. The number of nitrogens with zero attached hydrogens (tertiary/aromatic N) is 4. The third-order valence-corrected chi connectivity index (χ3v) is 4.52. The van der Waals surface area contributed by atoms with Crippen molar-refractivity contribution < 1.29 is 9.18 Å². The topological polar surface area (TPSA) is 74.8 Å². The van der Waals surface area contributed by atoms with Crippen LogP contribution in [0.5, 0.6) is 0 Å². The van der Waals surface area contributed by atoms with Gasteiger partial charge in [0.15, 0.2) is 0 Å². The lowest BCUT2D eigenvalue weighted by Gasteiger charge is -2.15. The molecule has 4 aromatic heterocycles. The zero-order valence-electron chi connectivity index (χ0n) is 15.1. The van der Waals surface area contributed by atoms with Gasteiger partial charge in [-0.15, -0.1) is 0 Å². The van der Waals surface area contributed by atoms with Crippen LogP contribution < -0.4 is 4.90 Å². The Balaban J connectivity index is 1.79. The number of rotatable bonds is 4. The standard InChI is InChI=1S/C21H16FN5O/c1-3-20(28)27(2)16-6-14(9-23-11-16)15-7-17-18(12-26-21(17)25-10-15)13-4-5-24-19(22)8-13/h3-12H,1H2,2H3,(H,25,26). The van der Waals surface area contributed by atoms with E-state index in [9.17, 15) is 9.18 Å². The van der Waals surface area contributed by atoms with Gasteiger partial charge in [0.1, 0.15) is 5.65 Å². The molecule has 1 N–H and O–H groups in total. The van der Waals surface area contributed by atoms with Crippen molar-refractivity contribution in [1.82, 2.24) is 19.9 Å². The van der Waals surface area contributed by atoms with Crippen molar-refractivity contribution in [1.29, 1.82) is 0 Å². The number of aromatic nitrogens is 4. The molecule has 0 atom stereocenters. The van der Waals surface area contributed by atoms with Crippen molar-refractivity contribution in [3.8, 4) is 22.3 Å². The summed E-state index contributed by atoms with van der Waals surface area (Å²) >= 11 is 0. The number of hydrogen-bond donors (Lipinski definition) is 1. The molecular weight excluding hydrogens is 357 g/mol. The summed E-state index contributed by atoms with van der Waals surface area (Å²) in [7, 11) is 1.66. The van der Waals surface area contributed by atoms with Gasteiger partial charge in [0.05, 0.1) is 11.9 Å². The summed E-state index contributed by atoms with van der Waals surface area (Å²) in [6.07, 6.45) is 9.52. The van der Waals surface area contributed by atoms with Gasteiger partial charge in [0.2, 0.25) is 11.9 Å². The van der Waals surface area contributed by atoms with Gasteiger partial charge < -0.3 is 9.88 Å². The van der Waals surface area contributed by atoms with Gasteiger partial charge in [-0.2, -0.15) is 4.39 Å². The number of carbonyl (C=O) groups excluding carboxylic acids is 1. The summed E-state index contributed by atoms with van der Waals surface area (Å²) in [6.45, 7) is 3.50. The van der Waals surface area contributed by atoms with Gasteiger partial charge in [-0.3, -0.25) is 9.78 Å². The number of anilines is 1. The van der Waals surface area contributed by atoms with E-state index in [1.54, 1.807) is 37.9 Å². The highest BCUT2D eigenvalue weighted by atomic mass is 19.1. The SMILES string of the molecule is C=CC(=O)N(C)c1cncc(-c2cnc3[nH]cc(-c4ccnc(F)c4)c3c2)c1. The molecule has 0 radical (unpaired) electrons. The molecule has 4 rings (SSSR count). The van der Waals surface area contributed by atoms with E-state index in [4.69, 9.17) is 0 Å². The van der Waals surface area contributed by atoms with Gasteiger partial charge in [0, 0.05) is 60.0 Å². The molecule has 1 amide bonds. The van der Waals surface area contributed by atoms with Crippen molar-refractivity contribution in [2.75, 3.05) is 11.9 Å². The molecule has 28 heavy (non-hydrogen) atoms. The summed E-state index contributed by atoms with van der Waals surface area (Å²) < 4.78 is 13.5. The number of pyridine rings is 3. The summed E-state index contributed by atoms with van der Waals surface area (Å²) in [4.78, 5) is 28.7. The molecule has 0 fully saturated rings. The molecule has 4 aromatic rings. The van der Waals surface area contributed by atoms with E-state index in [0.29, 0.717) is 16.9 Å². The van der Waals surface area contributed by atoms with E-state index in [2.05, 4.69) is 26.5 Å². The third kappa shape index (κ3) is 3.14. The number of hydrogen-bond acceptors (Lipinski definition) is 4. The summed E-state index contributed by atoms with van der Waals surface area (Å²) in [5.41, 5.74) is 4.52. The monoisotopic (exact) mass is 373 g/mol. The van der Waals surface area contributed by atoms with Crippen LogP contribution in [-0.4, -0.2) is 32.9 Å². The summed E-state index contributed by atoms with van der Waals surface area (Å²) in [5.74, 6) is -0.761. The fourth-order valence-corrected chi connectivity index (χ4v) is 3.00. The van der Waals surface area contributed by atoms with E-state index in [0.717, 1.165) is 22.1 Å². The smallest absolute Gasteiger partial charge is 0.250 e. The van der Waals surface area contributed by atoms with Crippen LogP contribution in [0.15, 0.2) is 67.9 Å². The molecule has 0 aromatic carbocycles. The maximum atomic E-state index is 13.5. The molecule has 0 aliphatic heterocycles. The minimum atomic E-state index is -0.539. The second kappa shape index (κ2) is 7.03. The molecule has 7 heteroatoms. The van der Waals surface area contributed by atoms with Crippen molar-refractivity contribution >= 4 is 22.6 Å². The third-order valence-electron chi connectivity index (χ3n) is 4.52. The van der Waals surface area contributed by atoms with E-state index >= 15 is 0 Å². The zero-order valence-corrected chi connectivity index (χ0v) is 15.1. The predicted octanol–water partition coefficient (Wildman–Crippen LogP) is 3.97. The van der Waals surface area contributed by atoms with Crippen LogP contribution in [0.4, 0.5) is 10.1 Å². The van der Waals surface area contributed by atoms with Crippen molar-refractivity contribution in [3.63, 3.8) is 0 Å². The number of likely N-dealkylation sites (N-methyl/N-ethyl adjacent to an activating group) is 1. The Bertz CT molecular complexity index is 1200. The van der Waals surface area contributed by atoms with Crippen molar-refractivity contribution in [2.45, 2.75) is 0 Å². The van der Waals surface area contributed by atoms with Crippen LogP contribution in [0.3, 0.4) is 0 Å². The molecule has 4 heterocycles. The van der Waals surface area contributed by atoms with Crippen LogP contribution >= 0.6 is 0 Å². The Labute approximate surface area is 160 Å². The maximum absolute atomic E-state index is 13.5. The van der Waals surface area contributed by atoms with Crippen molar-refractivity contribution in [3.05, 3.63) is 73.9 Å². The number of amides is 1. The van der Waals surface area contributed by atoms with E-state index in [1.165, 1.54) is 23.2 Å². The first kappa shape index (κ1) is 17.5. The summed E-state index contributed by atoms with van der Waals surface area (Å²) in [6, 6.07) is 6.95. The first-order chi connectivity index (χ1) is 13.6. The minimum Gasteiger partial charge on any atom is -0.346 e. The molecule has 0 aliphatic rings. The zero-order chi connectivity index (χ0) is 19.7. The van der Waals surface area contributed by atoms with Gasteiger partial charge in [-0.1, -0.05) is 6.58 Å². The fourth-order valence-electron chi connectivity index (χ4n) is 3.00. The molecule has 6 nitrogen and oxygen atoms in total. The number of carbonyl (C=O) groups is 1. The highest BCUT2D eigenvalue weighted by molar-refractivity contribution is 6.01.